The number of anilines is 2. The lowest BCUT2D eigenvalue weighted by Crippen LogP contribution is -2.28. The molecule has 5 rings (SSSR count). The Balaban J connectivity index is 1.48. The maximum Gasteiger partial charge on any atom is 0.511 e. The number of hydrogen-bond acceptors (Lipinski definition) is 9. The van der Waals surface area contributed by atoms with Crippen LogP contribution >= 0.6 is 11.3 Å². The third kappa shape index (κ3) is 4.82. The van der Waals surface area contributed by atoms with Gasteiger partial charge in [-0.25, -0.2) is 9.78 Å². The highest BCUT2D eigenvalue weighted by molar-refractivity contribution is 7.13. The van der Waals surface area contributed by atoms with Crippen molar-refractivity contribution in [3.63, 3.8) is 0 Å². The summed E-state index contributed by atoms with van der Waals surface area (Å²) in [7, 11) is 0. The van der Waals surface area contributed by atoms with Crippen LogP contribution in [0.25, 0.3) is 11.1 Å². The lowest BCUT2D eigenvalue weighted by atomic mass is 10.0. The molecule has 3 N–H and O–H groups in total. The molecule has 10 nitrogen and oxygen atoms in total. The van der Waals surface area contributed by atoms with Gasteiger partial charge in [-0.05, 0) is 60.9 Å². The van der Waals surface area contributed by atoms with Gasteiger partial charge in [0.05, 0.1) is 11.4 Å². The second kappa shape index (κ2) is 10.1. The van der Waals surface area contributed by atoms with E-state index in [9.17, 15) is 14.7 Å². The molecule has 0 spiro atoms. The number of amides is 1. The summed E-state index contributed by atoms with van der Waals surface area (Å²) in [5.41, 5.74) is 7.02. The minimum Gasteiger partial charge on any atom is -0.505 e. The molecule has 0 fully saturated rings. The SMILES string of the molecule is Cc1ccc(N2N=C(c3nccs3)C(=NNc3cccc(-c4cccc(OC(=O)O)c4)c3O)C2=O)cc1C. The van der Waals surface area contributed by atoms with E-state index in [1.165, 1.54) is 28.5 Å². The summed E-state index contributed by atoms with van der Waals surface area (Å²) < 4.78 is 4.72. The summed E-state index contributed by atoms with van der Waals surface area (Å²) >= 11 is 1.33. The number of hydrazone groups is 2. The molecule has 38 heavy (non-hydrogen) atoms. The number of carboxylic acid groups (broad SMARTS) is 1. The highest BCUT2D eigenvalue weighted by Crippen LogP contribution is 2.37. The average Bonchev–Trinajstić information content (AvgIpc) is 3.53. The normalized spacial score (nSPS) is 14.1. The molecule has 0 radical (unpaired) electrons. The van der Waals surface area contributed by atoms with E-state index in [1.807, 2.05) is 32.0 Å². The lowest BCUT2D eigenvalue weighted by molar-refractivity contribution is -0.112. The summed E-state index contributed by atoms with van der Waals surface area (Å²) in [6.45, 7) is 3.95. The van der Waals surface area contributed by atoms with E-state index in [-0.39, 0.29) is 22.9 Å². The predicted octanol–water partition coefficient (Wildman–Crippen LogP) is 5.41. The highest BCUT2D eigenvalue weighted by atomic mass is 32.1. The van der Waals surface area contributed by atoms with Crippen molar-refractivity contribution in [3.8, 4) is 22.6 Å². The summed E-state index contributed by atoms with van der Waals surface area (Å²) in [5, 5.41) is 32.3. The Morgan fingerprint density at radius 3 is 2.63 bits per heavy atom. The van der Waals surface area contributed by atoms with Crippen LogP contribution in [0.1, 0.15) is 16.1 Å². The number of aromatic nitrogens is 1. The monoisotopic (exact) mass is 527 g/mol. The molecule has 1 aromatic heterocycles. The van der Waals surface area contributed by atoms with Crippen LogP contribution in [0.15, 0.2) is 82.4 Å². The number of aryl methyl sites for hydroxylation is 2. The number of rotatable bonds is 6. The third-order valence-electron chi connectivity index (χ3n) is 5.86. The Hall–Kier alpha value is -5.03. The molecular formula is C27H21N5O5S. The molecule has 0 atom stereocenters. The predicted molar refractivity (Wildman–Crippen MR) is 145 cm³/mol. The van der Waals surface area contributed by atoms with Gasteiger partial charge < -0.3 is 14.9 Å². The van der Waals surface area contributed by atoms with Gasteiger partial charge in [0, 0.05) is 17.1 Å². The maximum absolute atomic E-state index is 13.4. The number of nitrogens with zero attached hydrogens (tertiary/aromatic N) is 4. The van der Waals surface area contributed by atoms with E-state index in [0.717, 1.165) is 11.1 Å². The average molecular weight is 528 g/mol. The fourth-order valence-corrected chi connectivity index (χ4v) is 4.44. The highest BCUT2D eigenvalue weighted by Gasteiger charge is 2.35. The van der Waals surface area contributed by atoms with Crippen LogP contribution in [0, 0.1) is 13.8 Å². The van der Waals surface area contributed by atoms with E-state index >= 15 is 0 Å². The van der Waals surface area contributed by atoms with Crippen molar-refractivity contribution in [1.29, 1.82) is 0 Å². The van der Waals surface area contributed by atoms with Crippen molar-refractivity contribution < 1.29 is 24.5 Å². The summed E-state index contributed by atoms with van der Waals surface area (Å²) in [4.78, 5) is 28.6. The van der Waals surface area contributed by atoms with Crippen molar-refractivity contribution >= 4 is 46.2 Å². The first-order chi connectivity index (χ1) is 18.3. The topological polar surface area (TPSA) is 137 Å². The standard InChI is InChI=1S/C27H21N5O5S/c1-15-9-10-18(13-16(15)2)32-26(34)23(22(31-32)25-28-11-12-38-25)30-29-21-8-4-7-20(24(21)33)17-5-3-6-19(14-17)37-27(35)36/h3-14,29,33H,1-2H3,(H,35,36). The Morgan fingerprint density at radius 2 is 1.89 bits per heavy atom. The van der Waals surface area contributed by atoms with Gasteiger partial charge in [0.2, 0.25) is 0 Å². The fraction of sp³-hybridized carbons (Fsp3) is 0.0741. The molecule has 2 heterocycles. The summed E-state index contributed by atoms with van der Waals surface area (Å²) in [6.07, 6.45) is 0.181. The molecule has 0 aliphatic carbocycles. The number of para-hydroxylation sites is 1. The van der Waals surface area contributed by atoms with Gasteiger partial charge in [0.15, 0.2) is 11.4 Å². The van der Waals surface area contributed by atoms with Gasteiger partial charge in [-0.2, -0.15) is 15.2 Å². The van der Waals surface area contributed by atoms with Crippen molar-refractivity contribution in [2.45, 2.75) is 13.8 Å². The lowest BCUT2D eigenvalue weighted by Gasteiger charge is -2.13. The molecule has 3 aromatic carbocycles. The van der Waals surface area contributed by atoms with E-state index in [0.29, 0.717) is 27.5 Å². The summed E-state index contributed by atoms with van der Waals surface area (Å²) in [5.74, 6) is -0.478. The second-order valence-corrected chi connectivity index (χ2v) is 9.24. The number of carbonyl (C=O) groups is 2. The Morgan fingerprint density at radius 1 is 1.08 bits per heavy atom. The number of carbonyl (C=O) groups excluding carboxylic acids is 1. The number of aromatic hydroxyl groups is 1. The minimum atomic E-state index is -1.44. The zero-order chi connectivity index (χ0) is 26.8. The molecule has 0 bridgehead atoms. The van der Waals surface area contributed by atoms with Gasteiger partial charge in [0.1, 0.15) is 16.5 Å². The number of phenols is 1. The van der Waals surface area contributed by atoms with Gasteiger partial charge in [-0.15, -0.1) is 11.3 Å². The van der Waals surface area contributed by atoms with Crippen LogP contribution in [-0.2, 0) is 4.79 Å². The van der Waals surface area contributed by atoms with Gasteiger partial charge in [-0.1, -0.05) is 30.3 Å². The number of nitrogens with one attached hydrogen (secondary N) is 1. The first-order valence-corrected chi connectivity index (χ1v) is 12.3. The summed E-state index contributed by atoms with van der Waals surface area (Å²) in [6, 6.07) is 16.9. The van der Waals surface area contributed by atoms with Crippen molar-refractivity contribution in [2.24, 2.45) is 10.2 Å². The molecule has 0 saturated carbocycles. The molecule has 190 valence electrons. The Labute approximate surface area is 221 Å². The van der Waals surface area contributed by atoms with E-state index in [4.69, 9.17) is 9.84 Å². The molecule has 11 heteroatoms. The molecule has 4 aromatic rings. The Bertz CT molecular complexity index is 1610. The van der Waals surface area contributed by atoms with Crippen LogP contribution in [-0.4, -0.2) is 38.7 Å². The number of benzene rings is 3. The number of hydrogen-bond donors (Lipinski definition) is 3. The van der Waals surface area contributed by atoms with Gasteiger partial charge >= 0.3 is 12.1 Å². The Kier molecular flexibility index (Phi) is 6.58. The first kappa shape index (κ1) is 24.7. The number of thiazole rings is 1. The van der Waals surface area contributed by atoms with E-state index in [2.05, 4.69) is 20.6 Å². The van der Waals surface area contributed by atoms with Crippen molar-refractivity contribution in [2.75, 3.05) is 10.4 Å². The maximum atomic E-state index is 13.4. The first-order valence-electron chi connectivity index (χ1n) is 11.4. The number of phenolic OH excluding ortho intramolecular Hbond substituents is 1. The molecular weight excluding hydrogens is 506 g/mol. The third-order valence-corrected chi connectivity index (χ3v) is 6.64. The molecule has 0 unspecified atom stereocenters. The van der Waals surface area contributed by atoms with Gasteiger partial charge in [-0.3, -0.25) is 10.2 Å². The van der Waals surface area contributed by atoms with Crippen LogP contribution in [0.5, 0.6) is 11.5 Å². The van der Waals surface area contributed by atoms with Crippen LogP contribution in [0.4, 0.5) is 16.2 Å². The van der Waals surface area contributed by atoms with E-state index in [1.54, 1.807) is 41.9 Å². The largest absolute Gasteiger partial charge is 0.511 e. The zero-order valence-electron chi connectivity index (χ0n) is 20.2. The molecule has 1 aliphatic rings. The second-order valence-electron chi connectivity index (χ2n) is 8.34. The van der Waals surface area contributed by atoms with Gasteiger partial charge in [0.25, 0.3) is 0 Å². The van der Waals surface area contributed by atoms with Crippen molar-refractivity contribution in [3.05, 3.63) is 88.4 Å². The van der Waals surface area contributed by atoms with Crippen molar-refractivity contribution in [1.82, 2.24) is 4.98 Å². The van der Waals surface area contributed by atoms with E-state index < -0.39 is 12.1 Å². The zero-order valence-corrected chi connectivity index (χ0v) is 21.1. The van der Waals surface area contributed by atoms with Crippen LogP contribution in [0.3, 0.4) is 0 Å². The quantitative estimate of drug-likeness (QED) is 0.132. The van der Waals surface area contributed by atoms with Crippen LogP contribution in [0.2, 0.25) is 0 Å². The smallest absolute Gasteiger partial charge is 0.505 e. The molecule has 1 aliphatic heterocycles. The fourth-order valence-electron chi connectivity index (χ4n) is 3.82. The van der Waals surface area contributed by atoms with Crippen LogP contribution < -0.4 is 15.2 Å². The number of ether oxygens (including phenoxy) is 1. The minimum absolute atomic E-state index is 0.0415. The molecule has 0 saturated heterocycles. The molecule has 1 amide bonds.